The van der Waals surface area contributed by atoms with Crippen molar-refractivity contribution >= 4 is 11.9 Å². The van der Waals surface area contributed by atoms with Gasteiger partial charge in [0.05, 0.1) is 6.04 Å². The van der Waals surface area contributed by atoms with Crippen molar-refractivity contribution in [2.75, 3.05) is 26.2 Å². The Hall–Kier alpha value is -2.73. The Labute approximate surface area is 175 Å². The zero-order chi connectivity index (χ0) is 20.7. The first-order chi connectivity index (χ1) is 14.6. The zero-order valence-electron chi connectivity index (χ0n) is 16.8. The van der Waals surface area contributed by atoms with Gasteiger partial charge in [-0.25, -0.2) is 9.18 Å². The molecule has 6 heteroatoms. The number of benzene rings is 2. The van der Waals surface area contributed by atoms with E-state index in [2.05, 4.69) is 4.90 Å². The molecule has 6 rings (SSSR count). The van der Waals surface area contributed by atoms with Crippen molar-refractivity contribution in [1.82, 2.24) is 9.80 Å². The lowest BCUT2D eigenvalue weighted by molar-refractivity contribution is -0.171. The minimum atomic E-state index is -0.778. The van der Waals surface area contributed by atoms with Gasteiger partial charge in [0.25, 0.3) is 0 Å². The van der Waals surface area contributed by atoms with Gasteiger partial charge in [0.1, 0.15) is 11.9 Å². The number of carbonyl (C=O) groups is 2. The second-order valence-corrected chi connectivity index (χ2v) is 8.48. The number of amides is 1. The zero-order valence-corrected chi connectivity index (χ0v) is 16.8. The van der Waals surface area contributed by atoms with Gasteiger partial charge in [-0.2, -0.15) is 0 Å². The molecule has 0 N–H and O–H groups in total. The molecule has 5 nitrogen and oxygen atoms in total. The number of rotatable bonds is 2. The maximum absolute atomic E-state index is 13.5. The van der Waals surface area contributed by atoms with E-state index >= 15 is 0 Å². The third-order valence-corrected chi connectivity index (χ3v) is 6.76. The van der Waals surface area contributed by atoms with Gasteiger partial charge < -0.3 is 9.64 Å². The summed E-state index contributed by atoms with van der Waals surface area (Å²) in [6, 6.07) is 13.6. The smallest absolute Gasteiger partial charge is 0.397 e. The highest BCUT2D eigenvalue weighted by Crippen LogP contribution is 2.36. The summed E-state index contributed by atoms with van der Waals surface area (Å²) in [6.07, 6.45) is 2.50. The van der Waals surface area contributed by atoms with Gasteiger partial charge in [0.2, 0.25) is 0 Å². The van der Waals surface area contributed by atoms with Crippen molar-refractivity contribution in [2.45, 2.75) is 31.4 Å². The monoisotopic (exact) mass is 408 g/mol. The summed E-state index contributed by atoms with van der Waals surface area (Å²) < 4.78 is 19.2. The molecule has 4 aliphatic heterocycles. The van der Waals surface area contributed by atoms with Crippen LogP contribution in [-0.2, 0) is 20.7 Å². The number of esters is 1. The fraction of sp³-hybridized carbons (Fsp3) is 0.417. The van der Waals surface area contributed by atoms with Crippen LogP contribution >= 0.6 is 0 Å². The van der Waals surface area contributed by atoms with Gasteiger partial charge in [-0.15, -0.1) is 0 Å². The Morgan fingerprint density at radius 2 is 1.70 bits per heavy atom. The first kappa shape index (κ1) is 19.2. The molecule has 0 aliphatic carbocycles. The lowest BCUT2D eigenvalue weighted by Gasteiger charge is -2.44. The Kier molecular flexibility index (Phi) is 5.03. The predicted octanol–water partition coefficient (Wildman–Crippen LogP) is 2.94. The van der Waals surface area contributed by atoms with Crippen molar-refractivity contribution < 1.29 is 18.7 Å². The SMILES string of the molecule is O=C(OC1CN2CCC1CC2)C(=O)N1CCc2ccccc2[C@@H]1c1ccc(F)cc1. The molecule has 0 spiro atoms. The minimum absolute atomic E-state index is 0.203. The van der Waals surface area contributed by atoms with E-state index in [-0.39, 0.29) is 11.9 Å². The molecule has 30 heavy (non-hydrogen) atoms. The van der Waals surface area contributed by atoms with Crippen molar-refractivity contribution in [1.29, 1.82) is 0 Å². The van der Waals surface area contributed by atoms with Gasteiger partial charge in [-0.05, 0) is 67.1 Å². The van der Waals surface area contributed by atoms with E-state index in [0.717, 1.165) is 42.6 Å². The second kappa shape index (κ2) is 7.84. The van der Waals surface area contributed by atoms with E-state index in [4.69, 9.17) is 4.74 Å². The molecule has 4 heterocycles. The summed E-state index contributed by atoms with van der Waals surface area (Å²) in [5.41, 5.74) is 2.90. The molecule has 2 bridgehead atoms. The number of fused-ring (bicyclic) bond motifs is 4. The van der Waals surface area contributed by atoms with E-state index in [0.29, 0.717) is 25.4 Å². The highest BCUT2D eigenvalue weighted by atomic mass is 19.1. The molecular weight excluding hydrogens is 383 g/mol. The fourth-order valence-corrected chi connectivity index (χ4v) is 5.14. The average molecular weight is 408 g/mol. The van der Waals surface area contributed by atoms with Gasteiger partial charge >= 0.3 is 11.9 Å². The summed E-state index contributed by atoms with van der Waals surface area (Å²) in [5.74, 6) is -1.38. The number of hydrogen-bond donors (Lipinski definition) is 0. The Morgan fingerprint density at radius 3 is 2.40 bits per heavy atom. The molecule has 2 aromatic carbocycles. The van der Waals surface area contributed by atoms with E-state index < -0.39 is 17.9 Å². The van der Waals surface area contributed by atoms with Crippen molar-refractivity contribution in [2.24, 2.45) is 5.92 Å². The Balaban J connectivity index is 1.40. The molecule has 1 unspecified atom stereocenters. The Bertz CT molecular complexity index is 953. The van der Waals surface area contributed by atoms with E-state index in [1.807, 2.05) is 24.3 Å². The third-order valence-electron chi connectivity index (χ3n) is 6.76. The molecular formula is C24H25FN2O3. The third kappa shape index (κ3) is 3.49. The topological polar surface area (TPSA) is 49.9 Å². The highest BCUT2D eigenvalue weighted by molar-refractivity contribution is 6.32. The molecule has 1 amide bonds. The predicted molar refractivity (Wildman–Crippen MR) is 109 cm³/mol. The fourth-order valence-electron chi connectivity index (χ4n) is 5.14. The summed E-state index contributed by atoms with van der Waals surface area (Å²) in [7, 11) is 0. The minimum Gasteiger partial charge on any atom is -0.454 e. The number of halogens is 1. The summed E-state index contributed by atoms with van der Waals surface area (Å²) in [5, 5.41) is 0. The largest absolute Gasteiger partial charge is 0.454 e. The van der Waals surface area contributed by atoms with E-state index in [1.54, 1.807) is 17.0 Å². The van der Waals surface area contributed by atoms with Crippen LogP contribution in [0.3, 0.4) is 0 Å². The second-order valence-electron chi connectivity index (χ2n) is 8.48. The number of nitrogens with zero attached hydrogens (tertiary/aromatic N) is 2. The number of carbonyl (C=O) groups excluding carboxylic acids is 2. The van der Waals surface area contributed by atoms with Gasteiger partial charge in [-0.3, -0.25) is 9.69 Å². The van der Waals surface area contributed by atoms with Crippen molar-refractivity contribution in [3.8, 4) is 0 Å². The van der Waals surface area contributed by atoms with Crippen LogP contribution in [0.2, 0.25) is 0 Å². The van der Waals surface area contributed by atoms with Crippen LogP contribution in [0.5, 0.6) is 0 Å². The first-order valence-electron chi connectivity index (χ1n) is 10.7. The van der Waals surface area contributed by atoms with Gasteiger partial charge in [-0.1, -0.05) is 36.4 Å². The lowest BCUT2D eigenvalue weighted by Crippen LogP contribution is -2.53. The molecule has 3 fully saturated rings. The standard InChI is InChI=1S/C24H25FN2O3/c25-19-7-5-18(6-8-19)22-20-4-2-1-3-16(20)11-14-27(22)23(28)24(29)30-21-15-26-12-9-17(21)10-13-26/h1-8,17,21-22H,9-15H2/t21?,22-/m0/s1. The maximum atomic E-state index is 13.5. The van der Waals surface area contributed by atoms with Crippen LogP contribution in [0.1, 0.15) is 35.6 Å². The first-order valence-corrected chi connectivity index (χ1v) is 10.7. The summed E-state index contributed by atoms with van der Waals surface area (Å²) >= 11 is 0. The van der Waals surface area contributed by atoms with Crippen LogP contribution in [-0.4, -0.2) is 54.0 Å². The normalized spacial score (nSPS) is 27.4. The van der Waals surface area contributed by atoms with Crippen LogP contribution in [0.4, 0.5) is 4.39 Å². The summed E-state index contributed by atoms with van der Waals surface area (Å²) in [4.78, 5) is 29.9. The molecule has 0 radical (unpaired) electrons. The van der Waals surface area contributed by atoms with Crippen LogP contribution in [0, 0.1) is 11.7 Å². The molecule has 2 atom stereocenters. The summed E-state index contributed by atoms with van der Waals surface area (Å²) in [6.45, 7) is 3.23. The Morgan fingerprint density at radius 1 is 0.967 bits per heavy atom. The quantitative estimate of drug-likeness (QED) is 0.566. The lowest BCUT2D eigenvalue weighted by atomic mass is 9.86. The number of hydrogen-bond acceptors (Lipinski definition) is 4. The van der Waals surface area contributed by atoms with E-state index in [1.165, 1.54) is 12.1 Å². The molecule has 0 aromatic heterocycles. The maximum Gasteiger partial charge on any atom is 0.397 e. The van der Waals surface area contributed by atoms with Gasteiger partial charge in [0, 0.05) is 13.1 Å². The molecule has 4 aliphatic rings. The number of ether oxygens (including phenoxy) is 1. The molecule has 3 saturated heterocycles. The van der Waals surface area contributed by atoms with Crippen LogP contribution < -0.4 is 0 Å². The van der Waals surface area contributed by atoms with E-state index in [9.17, 15) is 14.0 Å². The van der Waals surface area contributed by atoms with Crippen LogP contribution in [0.25, 0.3) is 0 Å². The van der Waals surface area contributed by atoms with Crippen molar-refractivity contribution in [3.63, 3.8) is 0 Å². The van der Waals surface area contributed by atoms with Crippen molar-refractivity contribution in [3.05, 3.63) is 71.0 Å². The number of piperidine rings is 3. The molecule has 156 valence electrons. The molecule has 2 aromatic rings. The average Bonchev–Trinajstić information content (AvgIpc) is 2.79. The van der Waals surface area contributed by atoms with Gasteiger partial charge in [0.15, 0.2) is 0 Å². The van der Waals surface area contributed by atoms with Crippen LogP contribution in [0.15, 0.2) is 48.5 Å². The molecule has 0 saturated carbocycles. The highest BCUT2D eigenvalue weighted by Gasteiger charge is 2.40.